The lowest BCUT2D eigenvalue weighted by molar-refractivity contribution is -0.150. The summed E-state index contributed by atoms with van der Waals surface area (Å²) in [6.07, 6.45) is 4.10. The van der Waals surface area contributed by atoms with Gasteiger partial charge >= 0.3 is 0 Å². The topological polar surface area (TPSA) is 35.9 Å². The zero-order chi connectivity index (χ0) is 12.5. The van der Waals surface area contributed by atoms with Gasteiger partial charge < -0.3 is 9.80 Å². The van der Waals surface area contributed by atoms with E-state index < -0.39 is 0 Å². The number of rotatable bonds is 2. The number of hydrogen-bond acceptors (Lipinski definition) is 2. The number of likely N-dealkylation sites (tertiary alicyclic amines) is 2. The highest BCUT2D eigenvalue weighted by molar-refractivity contribution is 5.93. The average molecular weight is 235 g/mol. The summed E-state index contributed by atoms with van der Waals surface area (Å²) >= 11 is 0. The van der Waals surface area contributed by atoms with Crippen molar-refractivity contribution in [2.24, 2.45) is 10.4 Å². The molecule has 0 bridgehead atoms. The van der Waals surface area contributed by atoms with Gasteiger partial charge in [-0.05, 0) is 19.9 Å². The molecule has 0 unspecified atom stereocenters. The van der Waals surface area contributed by atoms with Crippen LogP contribution in [0.1, 0.15) is 20.8 Å². The van der Waals surface area contributed by atoms with Gasteiger partial charge in [-0.2, -0.15) is 0 Å². The van der Waals surface area contributed by atoms with Crippen molar-refractivity contribution in [3.05, 3.63) is 12.2 Å². The quantitative estimate of drug-likeness (QED) is 0.531. The number of nitrogens with zero attached hydrogens (tertiary/aromatic N) is 3. The number of amidine groups is 1. The van der Waals surface area contributed by atoms with Crippen molar-refractivity contribution in [3.8, 4) is 0 Å². The largest absolute Gasteiger partial charge is 0.355 e. The molecule has 0 atom stereocenters. The monoisotopic (exact) mass is 235 g/mol. The van der Waals surface area contributed by atoms with Crippen molar-refractivity contribution in [1.82, 2.24) is 9.80 Å². The highest BCUT2D eigenvalue weighted by Gasteiger charge is 2.52. The van der Waals surface area contributed by atoms with Crippen molar-refractivity contribution < 1.29 is 4.79 Å². The molecule has 2 heterocycles. The zero-order valence-electron chi connectivity index (χ0n) is 10.9. The van der Waals surface area contributed by atoms with E-state index in [-0.39, 0.29) is 5.91 Å². The second kappa shape index (κ2) is 4.51. The van der Waals surface area contributed by atoms with Crippen molar-refractivity contribution in [1.29, 1.82) is 0 Å². The number of amides is 1. The first kappa shape index (κ1) is 12.1. The fraction of sp³-hybridized carbons (Fsp3) is 0.692. The van der Waals surface area contributed by atoms with Gasteiger partial charge in [0.05, 0.1) is 0 Å². The minimum absolute atomic E-state index is 0.199. The Balaban J connectivity index is 1.87. The Labute approximate surface area is 103 Å². The molecule has 0 aromatic carbocycles. The summed E-state index contributed by atoms with van der Waals surface area (Å²) in [5.41, 5.74) is 0.363. The Morgan fingerprint density at radius 3 is 2.35 bits per heavy atom. The van der Waals surface area contributed by atoms with Gasteiger partial charge in [0.15, 0.2) is 0 Å². The molecular weight excluding hydrogens is 214 g/mol. The fourth-order valence-electron chi connectivity index (χ4n) is 2.68. The smallest absolute Gasteiger partial charge is 0.219 e. The number of carbonyl (C=O) groups is 1. The number of hydrogen-bond donors (Lipinski definition) is 0. The van der Waals surface area contributed by atoms with Crippen molar-refractivity contribution >= 4 is 11.7 Å². The maximum atomic E-state index is 11.2. The molecule has 0 radical (unpaired) electrons. The molecule has 94 valence electrons. The third-order valence-electron chi connectivity index (χ3n) is 3.51. The molecule has 1 spiro atoms. The fourth-order valence-corrected chi connectivity index (χ4v) is 2.68. The molecule has 0 aromatic heterocycles. The van der Waals surface area contributed by atoms with E-state index in [1.54, 1.807) is 6.92 Å². The van der Waals surface area contributed by atoms with Crippen LogP contribution in [-0.2, 0) is 4.79 Å². The standard InChI is InChI=1S/C13H21N3O/c1-4-6-12(14-5-2)16-9-13(10-16)7-15(8-13)11(3)17/h4,6H,5,7-10H2,1-3H3/b6-4-,14-12?. The molecule has 0 N–H and O–H groups in total. The van der Waals surface area contributed by atoms with Crippen LogP contribution in [0, 0.1) is 5.41 Å². The molecule has 2 fully saturated rings. The molecule has 0 saturated carbocycles. The maximum Gasteiger partial charge on any atom is 0.219 e. The van der Waals surface area contributed by atoms with Crippen LogP contribution in [-0.4, -0.2) is 54.3 Å². The number of aliphatic imine (C=N–C) groups is 1. The molecule has 0 aromatic rings. The molecule has 2 aliphatic rings. The van der Waals surface area contributed by atoms with Crippen LogP contribution in [0.4, 0.5) is 0 Å². The van der Waals surface area contributed by atoms with E-state index >= 15 is 0 Å². The lowest BCUT2D eigenvalue weighted by Crippen LogP contribution is -2.73. The van der Waals surface area contributed by atoms with E-state index in [4.69, 9.17) is 0 Å². The Bertz CT molecular complexity index is 359. The Hall–Kier alpha value is -1.32. The predicted molar refractivity (Wildman–Crippen MR) is 69.1 cm³/mol. The normalized spacial score (nSPS) is 22.9. The summed E-state index contributed by atoms with van der Waals surface area (Å²) in [7, 11) is 0. The lowest BCUT2D eigenvalue weighted by atomic mass is 9.72. The summed E-state index contributed by atoms with van der Waals surface area (Å²) in [6.45, 7) is 10.5. The van der Waals surface area contributed by atoms with Gasteiger partial charge in [0.1, 0.15) is 5.84 Å². The molecule has 2 rings (SSSR count). The molecule has 2 saturated heterocycles. The first-order valence-electron chi connectivity index (χ1n) is 6.28. The van der Waals surface area contributed by atoms with E-state index in [2.05, 4.69) is 22.9 Å². The average Bonchev–Trinajstić information content (AvgIpc) is 2.13. The first-order valence-corrected chi connectivity index (χ1v) is 6.28. The molecule has 4 heteroatoms. The van der Waals surface area contributed by atoms with Gasteiger partial charge in [0.2, 0.25) is 5.91 Å². The van der Waals surface area contributed by atoms with Gasteiger partial charge in [-0.1, -0.05) is 6.08 Å². The van der Waals surface area contributed by atoms with Gasteiger partial charge in [-0.15, -0.1) is 0 Å². The minimum atomic E-state index is 0.199. The third-order valence-corrected chi connectivity index (χ3v) is 3.51. The van der Waals surface area contributed by atoms with Gasteiger partial charge in [-0.3, -0.25) is 9.79 Å². The third kappa shape index (κ3) is 2.21. The summed E-state index contributed by atoms with van der Waals surface area (Å²) < 4.78 is 0. The van der Waals surface area contributed by atoms with Crippen molar-refractivity contribution in [2.45, 2.75) is 20.8 Å². The Morgan fingerprint density at radius 1 is 1.29 bits per heavy atom. The Kier molecular flexibility index (Phi) is 3.22. The first-order chi connectivity index (χ1) is 8.10. The SMILES string of the molecule is C/C=C\C(=NCC)N1CC2(CN(C(C)=O)C2)C1. The lowest BCUT2D eigenvalue weighted by Gasteiger charge is -2.60. The summed E-state index contributed by atoms with van der Waals surface area (Å²) in [4.78, 5) is 19.9. The molecule has 1 amide bonds. The van der Waals surface area contributed by atoms with Crippen LogP contribution < -0.4 is 0 Å². The summed E-state index contributed by atoms with van der Waals surface area (Å²) in [6, 6.07) is 0. The second-order valence-electron chi connectivity index (χ2n) is 5.06. The highest BCUT2D eigenvalue weighted by atomic mass is 16.2. The van der Waals surface area contributed by atoms with Crippen molar-refractivity contribution in [2.75, 3.05) is 32.7 Å². The van der Waals surface area contributed by atoms with Crippen LogP contribution in [0.3, 0.4) is 0 Å². The predicted octanol–water partition coefficient (Wildman–Crippen LogP) is 1.15. The molecular formula is C13H21N3O. The van der Waals surface area contributed by atoms with Gasteiger partial charge in [0.25, 0.3) is 0 Å². The van der Waals surface area contributed by atoms with Gasteiger partial charge in [-0.25, -0.2) is 0 Å². The van der Waals surface area contributed by atoms with E-state index in [1.807, 2.05) is 17.9 Å². The molecule has 4 nitrogen and oxygen atoms in total. The second-order valence-corrected chi connectivity index (χ2v) is 5.06. The van der Waals surface area contributed by atoms with Gasteiger partial charge in [0, 0.05) is 45.1 Å². The highest BCUT2D eigenvalue weighted by Crippen LogP contribution is 2.39. The van der Waals surface area contributed by atoms with E-state index in [9.17, 15) is 4.79 Å². The van der Waals surface area contributed by atoms with E-state index in [0.29, 0.717) is 5.41 Å². The zero-order valence-corrected chi connectivity index (χ0v) is 10.9. The van der Waals surface area contributed by atoms with Crippen LogP contribution in [0.15, 0.2) is 17.1 Å². The molecule has 17 heavy (non-hydrogen) atoms. The minimum Gasteiger partial charge on any atom is -0.355 e. The van der Waals surface area contributed by atoms with Crippen LogP contribution >= 0.6 is 0 Å². The summed E-state index contributed by atoms with van der Waals surface area (Å²) in [5.74, 6) is 1.28. The van der Waals surface area contributed by atoms with E-state index in [1.165, 1.54) is 0 Å². The number of carbonyl (C=O) groups excluding carboxylic acids is 1. The Morgan fingerprint density at radius 2 is 1.88 bits per heavy atom. The summed E-state index contributed by atoms with van der Waals surface area (Å²) in [5, 5.41) is 0. The van der Waals surface area contributed by atoms with Crippen LogP contribution in [0.25, 0.3) is 0 Å². The van der Waals surface area contributed by atoms with Crippen molar-refractivity contribution in [3.63, 3.8) is 0 Å². The van der Waals surface area contributed by atoms with Crippen LogP contribution in [0.5, 0.6) is 0 Å². The number of allylic oxidation sites excluding steroid dienone is 1. The molecule has 0 aliphatic carbocycles. The van der Waals surface area contributed by atoms with Crippen LogP contribution in [0.2, 0.25) is 0 Å². The van der Waals surface area contributed by atoms with E-state index in [0.717, 1.165) is 38.6 Å². The molecule has 2 aliphatic heterocycles. The maximum absolute atomic E-state index is 11.2.